The van der Waals surface area contributed by atoms with Gasteiger partial charge in [-0.05, 0) is 75.7 Å². The lowest BCUT2D eigenvalue weighted by atomic mass is 9.90. The van der Waals surface area contributed by atoms with E-state index in [4.69, 9.17) is 24.1 Å². The van der Waals surface area contributed by atoms with Gasteiger partial charge in [0.1, 0.15) is 23.0 Å². The minimum atomic E-state index is -1.23. The number of aliphatic carboxylic acids is 2. The first-order valence-corrected chi connectivity index (χ1v) is 29.1. The molecule has 0 aliphatic rings. The molecule has 4 atom stereocenters. The summed E-state index contributed by atoms with van der Waals surface area (Å²) in [6, 6.07) is 21.3. The molecule has 2 heterocycles. The Morgan fingerprint density at radius 2 is 1.11 bits per heavy atom. The number of fused-ring (bicyclic) bond motifs is 2. The second-order valence-corrected chi connectivity index (χ2v) is 30.6. The van der Waals surface area contributed by atoms with Gasteiger partial charge >= 0.3 is 23.9 Å². The van der Waals surface area contributed by atoms with Crippen molar-refractivity contribution in [2.45, 2.75) is 105 Å². The van der Waals surface area contributed by atoms with Crippen LogP contribution in [0, 0.1) is 10.8 Å². The Balaban J connectivity index is 0.000000359. The average molecular weight is 968 g/mol. The summed E-state index contributed by atoms with van der Waals surface area (Å²) in [4.78, 5) is 54.0. The number of aromatic nitrogens is 2. The first kappa shape index (κ1) is 54.6. The molecule has 2 aromatic carbocycles. The lowest BCUT2D eigenvalue weighted by molar-refractivity contribution is -0.148. The van der Waals surface area contributed by atoms with E-state index in [1.54, 1.807) is 32.9 Å². The van der Waals surface area contributed by atoms with E-state index in [2.05, 4.69) is 71.8 Å². The highest BCUT2D eigenvalue weighted by molar-refractivity contribution is 9.10. The third-order valence-corrected chi connectivity index (χ3v) is 13.7. The second kappa shape index (κ2) is 24.5. The number of hydrogen-bond acceptors (Lipinski definition) is 10. The normalized spacial score (nSPS) is 14.5. The van der Waals surface area contributed by atoms with E-state index < -0.39 is 45.0 Å². The summed E-state index contributed by atoms with van der Waals surface area (Å²) in [6.07, 6.45) is 4.14. The number of pyridine rings is 2. The molecule has 12 nitrogen and oxygen atoms in total. The number of carbonyl (C=O) groups is 4. The molecule has 0 aliphatic carbocycles. The number of ether oxygens (including phenoxy) is 4. The SMILES string of the molecule is C=C[C@@](C)(COCC[Si](C)(C)C)C(=O)O.CC(=O)O[C@H](C)c1ccc2ccc(/C=C/[C@@](C)(COCC[Si](C)(C)C)C(=O)O)cc2n1.CC(=O)O[C@H](C)c1ccc2ccc(Br)cc2n1. The van der Waals surface area contributed by atoms with Gasteiger partial charge in [0.25, 0.3) is 0 Å². The molecule has 0 unspecified atom stereocenters. The average Bonchev–Trinajstić information content (AvgIpc) is 3.18. The topological polar surface area (TPSA) is 171 Å². The molecule has 0 amide bonds. The number of carboxylic acid groups (broad SMARTS) is 2. The van der Waals surface area contributed by atoms with Crippen molar-refractivity contribution in [1.29, 1.82) is 0 Å². The minimum Gasteiger partial charge on any atom is -0.481 e. The van der Waals surface area contributed by atoms with Crippen molar-refractivity contribution in [3.63, 3.8) is 0 Å². The van der Waals surface area contributed by atoms with E-state index in [-0.39, 0.29) is 31.3 Å². The van der Waals surface area contributed by atoms with Crippen molar-refractivity contribution >= 4 is 83.8 Å². The molecule has 2 aromatic heterocycles. The van der Waals surface area contributed by atoms with Gasteiger partial charge < -0.3 is 29.2 Å². The van der Waals surface area contributed by atoms with Crippen LogP contribution in [0.4, 0.5) is 0 Å². The maximum Gasteiger partial charge on any atom is 0.315 e. The summed E-state index contributed by atoms with van der Waals surface area (Å²) in [6.45, 7) is 28.3. The monoisotopic (exact) mass is 966 g/mol. The van der Waals surface area contributed by atoms with Crippen LogP contribution in [0.2, 0.25) is 51.4 Å². The molecule has 0 saturated heterocycles. The van der Waals surface area contributed by atoms with E-state index in [0.29, 0.717) is 18.9 Å². The van der Waals surface area contributed by atoms with Gasteiger partial charge in [0.05, 0.1) is 35.6 Å². The van der Waals surface area contributed by atoms with Crippen LogP contribution < -0.4 is 0 Å². The van der Waals surface area contributed by atoms with E-state index in [1.807, 2.05) is 67.6 Å². The summed E-state index contributed by atoms with van der Waals surface area (Å²) in [5, 5.41) is 20.7. The van der Waals surface area contributed by atoms with E-state index in [1.165, 1.54) is 19.9 Å². The smallest absolute Gasteiger partial charge is 0.315 e. The molecule has 0 fully saturated rings. The molecule has 4 rings (SSSR count). The summed E-state index contributed by atoms with van der Waals surface area (Å²) < 4.78 is 22.4. The summed E-state index contributed by atoms with van der Waals surface area (Å²) in [7, 11) is -2.31. The Bertz CT molecular complexity index is 2220. The van der Waals surface area contributed by atoms with E-state index in [0.717, 1.165) is 49.6 Å². The number of halogens is 1. The maximum absolute atomic E-state index is 11.9. The van der Waals surface area contributed by atoms with Crippen molar-refractivity contribution in [1.82, 2.24) is 9.97 Å². The quantitative estimate of drug-likeness (QED) is 0.0395. The first-order valence-electron chi connectivity index (χ1n) is 20.9. The fraction of sp³-hybridized carbons (Fsp3) is 0.458. The fourth-order valence-electron chi connectivity index (χ4n) is 5.43. The molecule has 0 spiro atoms. The maximum atomic E-state index is 11.9. The lowest BCUT2D eigenvalue weighted by Crippen LogP contribution is -2.32. The Kier molecular flexibility index (Phi) is 21.2. The molecular formula is C48H67BrN2O10Si2. The molecule has 63 heavy (non-hydrogen) atoms. The van der Waals surface area contributed by atoms with E-state index in [9.17, 15) is 24.3 Å². The van der Waals surface area contributed by atoms with Gasteiger partial charge in [-0.25, -0.2) is 9.97 Å². The van der Waals surface area contributed by atoms with Crippen LogP contribution in [-0.4, -0.2) is 86.6 Å². The van der Waals surface area contributed by atoms with Crippen molar-refractivity contribution in [3.8, 4) is 0 Å². The van der Waals surface area contributed by atoms with Crippen molar-refractivity contribution in [3.05, 3.63) is 101 Å². The number of carboxylic acids is 2. The van der Waals surface area contributed by atoms with Gasteiger partial charge in [-0.1, -0.05) is 104 Å². The molecular weight excluding hydrogens is 901 g/mol. The zero-order chi connectivity index (χ0) is 47.8. The second-order valence-electron chi connectivity index (χ2n) is 18.5. The fourth-order valence-corrected chi connectivity index (χ4v) is 7.29. The van der Waals surface area contributed by atoms with E-state index >= 15 is 0 Å². The summed E-state index contributed by atoms with van der Waals surface area (Å²) in [5.74, 6) is -2.46. The molecule has 15 heteroatoms. The highest BCUT2D eigenvalue weighted by Crippen LogP contribution is 2.26. The number of nitrogens with zero attached hydrogens (tertiary/aromatic N) is 2. The van der Waals surface area contributed by atoms with Gasteiger partial charge in [-0.2, -0.15) is 0 Å². The zero-order valence-electron chi connectivity index (χ0n) is 39.0. The van der Waals surface area contributed by atoms with Gasteiger partial charge in [0.2, 0.25) is 0 Å². The van der Waals surface area contributed by atoms with Crippen molar-refractivity contribution < 1.29 is 48.3 Å². The first-order chi connectivity index (χ1) is 29.2. The van der Waals surface area contributed by atoms with Crippen molar-refractivity contribution in [2.75, 3.05) is 26.4 Å². The van der Waals surface area contributed by atoms with Gasteiger partial charge in [0.15, 0.2) is 0 Å². The number of esters is 2. The van der Waals surface area contributed by atoms with Crippen molar-refractivity contribution in [2.24, 2.45) is 10.8 Å². The van der Waals surface area contributed by atoms with Crippen LogP contribution in [0.1, 0.15) is 70.7 Å². The minimum absolute atomic E-state index is 0.124. The summed E-state index contributed by atoms with van der Waals surface area (Å²) >= 11 is 3.41. The third kappa shape index (κ3) is 19.8. The molecule has 2 N–H and O–H groups in total. The molecule has 0 aliphatic heterocycles. The Hall–Kier alpha value is -4.55. The highest BCUT2D eigenvalue weighted by Gasteiger charge is 2.31. The predicted molar refractivity (Wildman–Crippen MR) is 260 cm³/mol. The predicted octanol–water partition coefficient (Wildman–Crippen LogP) is 11.6. The Morgan fingerprint density at radius 1 is 0.698 bits per heavy atom. The molecule has 4 aromatic rings. The Labute approximate surface area is 383 Å². The number of carbonyl (C=O) groups excluding carboxylic acids is 2. The number of hydrogen-bond donors (Lipinski definition) is 2. The van der Waals surface area contributed by atoms with Crippen LogP contribution in [0.15, 0.2) is 83.9 Å². The molecule has 0 radical (unpaired) electrons. The van der Waals surface area contributed by atoms with Crippen LogP contribution in [-0.2, 0) is 38.1 Å². The number of benzene rings is 2. The zero-order valence-corrected chi connectivity index (χ0v) is 42.6. The molecule has 0 saturated carbocycles. The highest BCUT2D eigenvalue weighted by atomic mass is 79.9. The van der Waals surface area contributed by atoms with Crippen LogP contribution in [0.3, 0.4) is 0 Å². The van der Waals surface area contributed by atoms with Crippen LogP contribution >= 0.6 is 15.9 Å². The standard InChI is InChI=1S/C24H33NO5Si.C13H12BrNO2.C11H22O3Si/c1-17(30-18(2)26)21-10-9-20-8-7-19(15-22(20)25-21)11-12-24(3,23(27)28)16-29-13-14-31(4,5)6;1-8(17-9(2)16)12-6-4-10-3-5-11(14)7-13(10)15-12;1-6-11(2,10(12)13)9-14-7-8-15(3,4)5/h7-12,15,17H,13-14,16H2,1-6H3,(H,27,28);3-8H,1-2H3;6H,1,7-9H2,2-5H3,(H,12,13)/b12-11+;;/t17-,24+;8-;11-/m110/s1. The largest absolute Gasteiger partial charge is 0.481 e. The third-order valence-electron chi connectivity index (χ3n) is 9.80. The number of rotatable bonds is 19. The van der Waals surface area contributed by atoms with Gasteiger partial charge in [0, 0.05) is 58.5 Å². The Morgan fingerprint density at radius 3 is 1.52 bits per heavy atom. The molecule has 344 valence electrons. The van der Waals surface area contributed by atoms with Gasteiger partial charge in [-0.3, -0.25) is 19.2 Å². The van der Waals surface area contributed by atoms with Gasteiger partial charge in [-0.15, -0.1) is 6.58 Å². The van der Waals surface area contributed by atoms with Crippen LogP contribution in [0.25, 0.3) is 27.9 Å². The van der Waals surface area contributed by atoms with Crippen LogP contribution in [0.5, 0.6) is 0 Å². The molecule has 0 bridgehead atoms. The lowest BCUT2D eigenvalue weighted by Gasteiger charge is -2.22. The summed E-state index contributed by atoms with van der Waals surface area (Å²) in [5.41, 5.74) is 1.82.